The zero-order valence-electron chi connectivity index (χ0n) is 17.3. The maximum absolute atomic E-state index is 14.4. The van der Waals surface area contributed by atoms with Crippen LogP contribution in [0.15, 0.2) is 30.3 Å². The van der Waals surface area contributed by atoms with E-state index in [2.05, 4.69) is 24.0 Å². The minimum atomic E-state index is -0.316. The van der Waals surface area contributed by atoms with Gasteiger partial charge in [0.1, 0.15) is 11.6 Å². The predicted molar refractivity (Wildman–Crippen MR) is 112 cm³/mol. The molecule has 152 valence electrons. The molecule has 3 rings (SSSR count). The highest BCUT2D eigenvalue weighted by atomic mass is 19.1. The van der Waals surface area contributed by atoms with Crippen molar-refractivity contribution >= 4 is 0 Å². The number of hydrogen-bond acceptors (Lipinski definition) is 3. The summed E-state index contributed by atoms with van der Waals surface area (Å²) in [5, 5.41) is 8.62. The zero-order valence-corrected chi connectivity index (χ0v) is 17.3. The summed E-state index contributed by atoms with van der Waals surface area (Å²) in [6, 6.07) is 8.84. The largest absolute Gasteiger partial charge is 0.493 e. The Labute approximate surface area is 168 Å². The van der Waals surface area contributed by atoms with E-state index in [-0.39, 0.29) is 5.82 Å². The van der Waals surface area contributed by atoms with Crippen molar-refractivity contribution in [2.45, 2.75) is 71.6 Å². The topological polar surface area (TPSA) is 35.0 Å². The maximum Gasteiger partial charge on any atom is 0.136 e. The van der Waals surface area contributed by atoms with Crippen molar-refractivity contribution in [3.63, 3.8) is 0 Å². The highest BCUT2D eigenvalue weighted by Gasteiger charge is 2.20. The molecule has 1 aliphatic carbocycles. The molecule has 0 bridgehead atoms. The van der Waals surface area contributed by atoms with E-state index in [1.54, 1.807) is 12.1 Å². The van der Waals surface area contributed by atoms with Crippen LogP contribution in [0, 0.1) is 17.7 Å². The third-order valence-electron chi connectivity index (χ3n) is 6.06. The van der Waals surface area contributed by atoms with E-state index in [4.69, 9.17) is 4.74 Å². The van der Waals surface area contributed by atoms with Gasteiger partial charge in [0.05, 0.1) is 18.0 Å². The summed E-state index contributed by atoms with van der Waals surface area (Å²) in [5.74, 6) is 2.01. The van der Waals surface area contributed by atoms with Crippen LogP contribution in [0.25, 0.3) is 11.3 Å². The minimum Gasteiger partial charge on any atom is -0.493 e. The average Bonchev–Trinajstić information content (AvgIpc) is 2.73. The number of hydrogen-bond donors (Lipinski definition) is 0. The lowest BCUT2D eigenvalue weighted by Crippen LogP contribution is -2.14. The standard InChI is InChI=1S/C24H33FN2O/c1-3-5-16-28-21-13-14-22(23(25)17-21)24-15-12-20(26-27-24)11-10-19-8-6-18(4-2)7-9-19/h12-15,17-19H,3-11,16H2,1-2H3. The SMILES string of the molecule is CCCCOc1ccc(-c2ccc(CCC3CCC(CC)CC3)nn2)c(F)c1. The molecule has 1 saturated carbocycles. The Morgan fingerprint density at radius 2 is 1.79 bits per heavy atom. The van der Waals surface area contributed by atoms with Crippen molar-refractivity contribution in [3.05, 3.63) is 41.8 Å². The molecule has 0 saturated heterocycles. The Kier molecular flexibility index (Phi) is 7.81. The van der Waals surface area contributed by atoms with Crippen molar-refractivity contribution in [1.29, 1.82) is 0 Å². The summed E-state index contributed by atoms with van der Waals surface area (Å²) < 4.78 is 20.0. The van der Waals surface area contributed by atoms with Gasteiger partial charge < -0.3 is 4.74 Å². The van der Waals surface area contributed by atoms with Crippen molar-refractivity contribution in [1.82, 2.24) is 10.2 Å². The fourth-order valence-corrected chi connectivity index (χ4v) is 4.04. The summed E-state index contributed by atoms with van der Waals surface area (Å²) in [6.45, 7) is 5.02. The number of ether oxygens (including phenoxy) is 1. The van der Waals surface area contributed by atoms with Gasteiger partial charge in [-0.3, -0.25) is 0 Å². The highest BCUT2D eigenvalue weighted by Crippen LogP contribution is 2.33. The number of unbranched alkanes of at least 4 members (excludes halogenated alkanes) is 1. The molecule has 0 radical (unpaired) electrons. The number of benzene rings is 1. The van der Waals surface area contributed by atoms with Crippen molar-refractivity contribution in [2.24, 2.45) is 11.8 Å². The summed E-state index contributed by atoms with van der Waals surface area (Å²) in [6.07, 6.45) is 10.9. The summed E-state index contributed by atoms with van der Waals surface area (Å²) in [4.78, 5) is 0. The lowest BCUT2D eigenvalue weighted by Gasteiger charge is -2.27. The molecule has 3 nitrogen and oxygen atoms in total. The molecular weight excluding hydrogens is 351 g/mol. The van der Waals surface area contributed by atoms with E-state index in [1.165, 1.54) is 44.6 Å². The first-order chi connectivity index (χ1) is 13.7. The van der Waals surface area contributed by atoms with Gasteiger partial charge in [-0.25, -0.2) is 4.39 Å². The number of halogens is 1. The van der Waals surface area contributed by atoms with Crippen molar-refractivity contribution in [3.8, 4) is 17.0 Å². The molecule has 1 aromatic carbocycles. The molecule has 4 heteroatoms. The molecule has 1 aliphatic rings. The van der Waals surface area contributed by atoms with Gasteiger partial charge >= 0.3 is 0 Å². The summed E-state index contributed by atoms with van der Waals surface area (Å²) in [7, 11) is 0. The van der Waals surface area contributed by atoms with E-state index in [0.717, 1.165) is 36.8 Å². The minimum absolute atomic E-state index is 0.316. The first-order valence-electron chi connectivity index (χ1n) is 10.9. The van der Waals surface area contributed by atoms with E-state index < -0.39 is 0 Å². The lowest BCUT2D eigenvalue weighted by molar-refractivity contribution is 0.258. The van der Waals surface area contributed by atoms with Crippen molar-refractivity contribution in [2.75, 3.05) is 6.61 Å². The highest BCUT2D eigenvalue weighted by molar-refractivity contribution is 5.60. The Morgan fingerprint density at radius 1 is 1.00 bits per heavy atom. The van der Waals surface area contributed by atoms with Crippen molar-refractivity contribution < 1.29 is 9.13 Å². The Balaban J connectivity index is 1.54. The number of aryl methyl sites for hydroxylation is 1. The number of nitrogens with zero attached hydrogens (tertiary/aromatic N) is 2. The Bertz CT molecular complexity index is 724. The van der Waals surface area contributed by atoms with Gasteiger partial charge in [-0.15, -0.1) is 0 Å². The van der Waals surface area contributed by atoms with Gasteiger partial charge in [0.2, 0.25) is 0 Å². The average molecular weight is 385 g/mol. The molecule has 1 heterocycles. The van der Waals surface area contributed by atoms with Crippen LogP contribution in [0.3, 0.4) is 0 Å². The van der Waals surface area contributed by atoms with Gasteiger partial charge in [-0.05, 0) is 55.4 Å². The van der Waals surface area contributed by atoms with Gasteiger partial charge in [0.25, 0.3) is 0 Å². The van der Waals surface area contributed by atoms with Crippen LogP contribution in [0.1, 0.15) is 70.9 Å². The van der Waals surface area contributed by atoms with E-state index in [9.17, 15) is 4.39 Å². The fourth-order valence-electron chi connectivity index (χ4n) is 4.04. The molecule has 0 spiro atoms. The van der Waals surface area contributed by atoms with Gasteiger partial charge in [0, 0.05) is 11.6 Å². The quantitative estimate of drug-likeness (QED) is 0.456. The molecule has 0 N–H and O–H groups in total. The molecule has 0 aliphatic heterocycles. The molecular formula is C24H33FN2O. The summed E-state index contributed by atoms with van der Waals surface area (Å²) in [5.41, 5.74) is 2.05. The van der Waals surface area contributed by atoms with Crippen LogP contribution in [0.4, 0.5) is 4.39 Å². The van der Waals surface area contributed by atoms with Gasteiger partial charge in [-0.1, -0.05) is 52.4 Å². The predicted octanol–water partition coefficient (Wildman–Crippen LogP) is 6.61. The fraction of sp³-hybridized carbons (Fsp3) is 0.583. The van der Waals surface area contributed by atoms with Gasteiger partial charge in [0.15, 0.2) is 0 Å². The van der Waals surface area contributed by atoms with Crippen LogP contribution >= 0.6 is 0 Å². The monoisotopic (exact) mass is 384 g/mol. The second-order valence-corrected chi connectivity index (χ2v) is 8.09. The van der Waals surface area contributed by atoms with E-state index in [1.807, 2.05) is 12.1 Å². The molecule has 0 unspecified atom stereocenters. The number of rotatable bonds is 9. The van der Waals surface area contributed by atoms with E-state index >= 15 is 0 Å². The van der Waals surface area contributed by atoms with Crippen LogP contribution in [0.5, 0.6) is 5.75 Å². The smallest absolute Gasteiger partial charge is 0.136 e. The Morgan fingerprint density at radius 3 is 2.43 bits per heavy atom. The third kappa shape index (κ3) is 5.76. The molecule has 2 aromatic rings. The maximum atomic E-state index is 14.4. The first kappa shape index (κ1) is 20.8. The van der Waals surface area contributed by atoms with Crippen LogP contribution < -0.4 is 4.74 Å². The van der Waals surface area contributed by atoms with Crippen LogP contribution in [-0.2, 0) is 6.42 Å². The molecule has 0 atom stereocenters. The zero-order chi connectivity index (χ0) is 19.8. The lowest BCUT2D eigenvalue weighted by atomic mass is 9.79. The summed E-state index contributed by atoms with van der Waals surface area (Å²) >= 11 is 0. The molecule has 0 amide bonds. The van der Waals surface area contributed by atoms with Gasteiger partial charge in [-0.2, -0.15) is 10.2 Å². The van der Waals surface area contributed by atoms with Crippen LogP contribution in [-0.4, -0.2) is 16.8 Å². The van der Waals surface area contributed by atoms with E-state index in [0.29, 0.717) is 23.6 Å². The molecule has 1 fully saturated rings. The second-order valence-electron chi connectivity index (χ2n) is 8.09. The normalized spacial score (nSPS) is 19.5. The number of aromatic nitrogens is 2. The molecule has 28 heavy (non-hydrogen) atoms. The van der Waals surface area contributed by atoms with Crippen LogP contribution in [0.2, 0.25) is 0 Å². The third-order valence-corrected chi connectivity index (χ3v) is 6.06. The second kappa shape index (κ2) is 10.5. The molecule has 1 aromatic heterocycles. The first-order valence-corrected chi connectivity index (χ1v) is 10.9. The Hall–Kier alpha value is -1.97.